The average molecular weight is 364 g/mol. The lowest BCUT2D eigenvalue weighted by molar-refractivity contribution is 0.121. The van der Waals surface area contributed by atoms with Crippen molar-refractivity contribution in [2.24, 2.45) is 5.92 Å². The van der Waals surface area contributed by atoms with E-state index in [0.29, 0.717) is 18.5 Å². The van der Waals surface area contributed by atoms with Gasteiger partial charge in [0.25, 0.3) is 0 Å². The van der Waals surface area contributed by atoms with Gasteiger partial charge in [0.1, 0.15) is 5.82 Å². The molecule has 2 fully saturated rings. The van der Waals surface area contributed by atoms with E-state index in [1.165, 1.54) is 19.3 Å². The first-order valence-corrected chi connectivity index (χ1v) is 10.1. The summed E-state index contributed by atoms with van der Waals surface area (Å²) in [5.74, 6) is 1.18. The number of hydrogen-bond acceptors (Lipinski definition) is 4. The predicted molar refractivity (Wildman–Crippen MR) is 102 cm³/mol. The number of carbonyl (C=O) groups excluding carboxylic acids is 1. The zero-order chi connectivity index (χ0) is 18.4. The average Bonchev–Trinajstić information content (AvgIpc) is 3.02. The highest BCUT2D eigenvalue weighted by atomic mass is 16.3. The minimum atomic E-state index is -0.169. The zero-order valence-corrected chi connectivity index (χ0v) is 15.9. The topological polar surface area (TPSA) is 82.4 Å². The number of likely N-dealkylation sites (tertiary alicyclic amines) is 1. The summed E-state index contributed by atoms with van der Waals surface area (Å²) >= 11 is 0. The van der Waals surface area contributed by atoms with Crippen LogP contribution >= 0.6 is 0 Å². The standard InChI is InChI=1S/C19H33N5O2/c1-15-12-18(24(22-15)17-7-3-2-4-8-17)21-19(26)20-9-11-23-10-5-6-16(13-23)14-25/h12,16-17,25H,2-11,13-14H2,1H3,(H2,20,21,26). The van der Waals surface area contributed by atoms with E-state index < -0.39 is 0 Å². The number of aliphatic hydroxyl groups excluding tert-OH is 1. The van der Waals surface area contributed by atoms with Crippen molar-refractivity contribution in [2.45, 2.75) is 57.9 Å². The Bertz CT molecular complexity index is 582. The Kier molecular flexibility index (Phi) is 6.91. The maximum absolute atomic E-state index is 12.3. The van der Waals surface area contributed by atoms with Crippen LogP contribution in [-0.4, -0.2) is 58.6 Å². The molecule has 7 nitrogen and oxygen atoms in total. The summed E-state index contributed by atoms with van der Waals surface area (Å²) < 4.78 is 2.00. The number of urea groups is 1. The molecule has 0 spiro atoms. The molecular formula is C19H33N5O2. The van der Waals surface area contributed by atoms with Crippen LogP contribution in [0.3, 0.4) is 0 Å². The largest absolute Gasteiger partial charge is 0.396 e. The van der Waals surface area contributed by atoms with Crippen molar-refractivity contribution in [3.05, 3.63) is 11.8 Å². The number of hydrogen-bond donors (Lipinski definition) is 3. The molecule has 0 radical (unpaired) electrons. The maximum atomic E-state index is 12.3. The van der Waals surface area contributed by atoms with Crippen molar-refractivity contribution in [2.75, 3.05) is 38.1 Å². The van der Waals surface area contributed by atoms with Gasteiger partial charge in [-0.1, -0.05) is 19.3 Å². The molecule has 1 aliphatic heterocycles. The van der Waals surface area contributed by atoms with Crippen LogP contribution in [-0.2, 0) is 0 Å². The lowest BCUT2D eigenvalue weighted by Gasteiger charge is -2.31. The smallest absolute Gasteiger partial charge is 0.320 e. The Morgan fingerprint density at radius 2 is 2.08 bits per heavy atom. The van der Waals surface area contributed by atoms with Gasteiger partial charge in [0.2, 0.25) is 0 Å². The van der Waals surface area contributed by atoms with Crippen LogP contribution < -0.4 is 10.6 Å². The lowest BCUT2D eigenvalue weighted by atomic mass is 9.96. The van der Waals surface area contributed by atoms with Crippen molar-refractivity contribution in [3.8, 4) is 0 Å². The molecule has 1 aliphatic carbocycles. The first-order valence-electron chi connectivity index (χ1n) is 10.1. The van der Waals surface area contributed by atoms with Crippen LogP contribution in [0.5, 0.6) is 0 Å². The van der Waals surface area contributed by atoms with E-state index in [2.05, 4.69) is 20.6 Å². The highest BCUT2D eigenvalue weighted by Gasteiger charge is 2.21. The number of aromatic nitrogens is 2. The van der Waals surface area contributed by atoms with Crippen LogP contribution in [0.1, 0.15) is 56.7 Å². The number of nitrogens with one attached hydrogen (secondary N) is 2. The summed E-state index contributed by atoms with van der Waals surface area (Å²) in [7, 11) is 0. The van der Waals surface area contributed by atoms with Gasteiger partial charge in [0, 0.05) is 32.3 Å². The summed E-state index contributed by atoms with van der Waals surface area (Å²) in [5, 5.41) is 19.8. The lowest BCUT2D eigenvalue weighted by Crippen LogP contribution is -2.42. The molecule has 1 saturated carbocycles. The molecule has 1 unspecified atom stereocenters. The van der Waals surface area contributed by atoms with Crippen molar-refractivity contribution in [3.63, 3.8) is 0 Å². The SMILES string of the molecule is Cc1cc(NC(=O)NCCN2CCCC(CO)C2)n(C2CCCCC2)n1. The first-order chi connectivity index (χ1) is 12.7. The third-order valence-corrected chi connectivity index (χ3v) is 5.59. The normalized spacial score (nSPS) is 22.3. The summed E-state index contributed by atoms with van der Waals surface area (Å²) in [4.78, 5) is 14.6. The number of aliphatic hydroxyl groups is 1. The molecule has 26 heavy (non-hydrogen) atoms. The van der Waals surface area contributed by atoms with E-state index in [-0.39, 0.29) is 12.6 Å². The fourth-order valence-corrected chi connectivity index (χ4v) is 4.21. The molecule has 1 aromatic rings. The van der Waals surface area contributed by atoms with Gasteiger partial charge in [0.05, 0.1) is 11.7 Å². The second-order valence-electron chi connectivity index (χ2n) is 7.78. The molecule has 2 aliphatic rings. The molecule has 146 valence electrons. The van der Waals surface area contributed by atoms with Gasteiger partial charge >= 0.3 is 6.03 Å². The van der Waals surface area contributed by atoms with Crippen LogP contribution in [0.4, 0.5) is 10.6 Å². The fraction of sp³-hybridized carbons (Fsp3) is 0.789. The van der Waals surface area contributed by atoms with Crippen molar-refractivity contribution >= 4 is 11.8 Å². The van der Waals surface area contributed by atoms with Crippen molar-refractivity contribution in [1.82, 2.24) is 20.0 Å². The zero-order valence-electron chi connectivity index (χ0n) is 15.9. The molecule has 7 heteroatoms. The maximum Gasteiger partial charge on any atom is 0.320 e. The molecule has 3 rings (SSSR count). The van der Waals surface area contributed by atoms with Crippen molar-refractivity contribution in [1.29, 1.82) is 0 Å². The Morgan fingerprint density at radius 3 is 2.85 bits per heavy atom. The number of anilines is 1. The van der Waals surface area contributed by atoms with Gasteiger partial charge < -0.3 is 15.3 Å². The number of amides is 2. The minimum Gasteiger partial charge on any atom is -0.396 e. The number of aryl methyl sites for hydroxylation is 1. The van der Waals surface area contributed by atoms with Crippen LogP contribution in [0.2, 0.25) is 0 Å². The molecular weight excluding hydrogens is 330 g/mol. The highest BCUT2D eigenvalue weighted by molar-refractivity contribution is 5.88. The van der Waals surface area contributed by atoms with Crippen molar-refractivity contribution < 1.29 is 9.90 Å². The third kappa shape index (κ3) is 5.20. The summed E-state index contributed by atoms with van der Waals surface area (Å²) in [6.45, 7) is 5.64. The predicted octanol–water partition coefficient (Wildman–Crippen LogP) is 2.52. The van der Waals surface area contributed by atoms with E-state index in [4.69, 9.17) is 0 Å². The van der Waals surface area contributed by atoms with E-state index >= 15 is 0 Å². The molecule has 1 saturated heterocycles. The molecule has 1 atom stereocenters. The Hall–Kier alpha value is -1.60. The molecule has 3 N–H and O–H groups in total. The second kappa shape index (κ2) is 9.37. The minimum absolute atomic E-state index is 0.169. The number of nitrogens with zero attached hydrogens (tertiary/aromatic N) is 3. The summed E-state index contributed by atoms with van der Waals surface area (Å²) in [5.41, 5.74) is 0.939. The van der Waals surface area contributed by atoms with Crippen LogP contribution in [0.15, 0.2) is 6.07 Å². The Morgan fingerprint density at radius 1 is 1.27 bits per heavy atom. The van der Waals surface area contributed by atoms with E-state index in [1.54, 1.807) is 0 Å². The van der Waals surface area contributed by atoms with Gasteiger partial charge in [-0.25, -0.2) is 9.48 Å². The molecule has 2 amide bonds. The molecule has 0 bridgehead atoms. The molecule has 2 heterocycles. The summed E-state index contributed by atoms with van der Waals surface area (Å²) in [6.07, 6.45) is 8.27. The highest BCUT2D eigenvalue weighted by Crippen LogP contribution is 2.30. The van der Waals surface area contributed by atoms with Gasteiger partial charge in [-0.3, -0.25) is 5.32 Å². The number of piperidine rings is 1. The Balaban J connectivity index is 1.46. The second-order valence-corrected chi connectivity index (χ2v) is 7.78. The van der Waals surface area contributed by atoms with Crippen LogP contribution in [0.25, 0.3) is 0 Å². The summed E-state index contributed by atoms with van der Waals surface area (Å²) in [6, 6.07) is 2.18. The van der Waals surface area contributed by atoms with Gasteiger partial charge in [-0.15, -0.1) is 0 Å². The van der Waals surface area contributed by atoms with Crippen LogP contribution in [0, 0.1) is 12.8 Å². The fourth-order valence-electron chi connectivity index (χ4n) is 4.21. The first kappa shape index (κ1) is 19.2. The van der Waals surface area contributed by atoms with E-state index in [9.17, 15) is 9.90 Å². The number of rotatable bonds is 6. The van der Waals surface area contributed by atoms with E-state index in [1.807, 2.05) is 17.7 Å². The van der Waals surface area contributed by atoms with E-state index in [0.717, 1.165) is 56.8 Å². The van der Waals surface area contributed by atoms with Gasteiger partial charge in [0.15, 0.2) is 0 Å². The monoisotopic (exact) mass is 363 g/mol. The molecule has 0 aromatic carbocycles. The quantitative estimate of drug-likeness (QED) is 0.725. The number of carbonyl (C=O) groups is 1. The van der Waals surface area contributed by atoms with Gasteiger partial charge in [-0.05, 0) is 45.1 Å². The molecule has 1 aromatic heterocycles. The van der Waals surface area contributed by atoms with Gasteiger partial charge in [-0.2, -0.15) is 5.10 Å². The third-order valence-electron chi connectivity index (χ3n) is 5.59. The Labute approximate surface area is 156 Å².